The molecular formula is C6H4N4O. The third kappa shape index (κ3) is 0.861. The molecule has 5 heteroatoms. The van der Waals surface area contributed by atoms with Crippen molar-refractivity contribution < 1.29 is 0 Å². The van der Waals surface area contributed by atoms with Crippen molar-refractivity contribution in [3.8, 4) is 0 Å². The van der Waals surface area contributed by atoms with Crippen LogP contribution in [0.25, 0.3) is 5.78 Å². The molecule has 0 aromatic carbocycles. The summed E-state index contributed by atoms with van der Waals surface area (Å²) in [7, 11) is 0. The minimum Gasteiger partial charge on any atom is -0.267 e. The first-order chi connectivity index (χ1) is 5.38. The Kier molecular flexibility index (Phi) is 1.15. The zero-order valence-corrected chi connectivity index (χ0v) is 5.51. The van der Waals surface area contributed by atoms with Gasteiger partial charge in [-0.2, -0.15) is 0 Å². The number of fused-ring (bicyclic) bond motifs is 1. The van der Waals surface area contributed by atoms with E-state index in [-0.39, 0.29) is 5.56 Å². The van der Waals surface area contributed by atoms with Crippen molar-refractivity contribution in [2.24, 2.45) is 0 Å². The molecular weight excluding hydrogens is 144 g/mol. The van der Waals surface area contributed by atoms with Crippen molar-refractivity contribution in [3.05, 3.63) is 35.0 Å². The fourth-order valence-corrected chi connectivity index (χ4v) is 0.801. The molecule has 0 radical (unpaired) electrons. The molecule has 2 aromatic rings. The summed E-state index contributed by atoms with van der Waals surface area (Å²) in [5.41, 5.74) is -0.219. The fraction of sp³-hybridized carbons (Fsp3) is 0. The molecule has 0 amide bonds. The van der Waals surface area contributed by atoms with Gasteiger partial charge >= 0.3 is 0 Å². The first kappa shape index (κ1) is 5.96. The summed E-state index contributed by atoms with van der Waals surface area (Å²) in [5, 5.41) is 7.11. The lowest BCUT2D eigenvalue weighted by molar-refractivity contribution is 0.902. The smallest absolute Gasteiger partial charge is 0.267 e. The Hall–Kier alpha value is -1.78. The molecule has 54 valence electrons. The average molecular weight is 148 g/mol. The Morgan fingerprint density at radius 2 is 2.36 bits per heavy atom. The van der Waals surface area contributed by atoms with E-state index in [1.54, 1.807) is 18.5 Å². The highest BCUT2D eigenvalue weighted by Gasteiger charge is 1.93. The van der Waals surface area contributed by atoms with Crippen LogP contribution in [0.5, 0.6) is 0 Å². The zero-order chi connectivity index (χ0) is 7.68. The van der Waals surface area contributed by atoms with Gasteiger partial charge in [0.05, 0.1) is 0 Å². The normalized spacial score (nSPS) is 10.2. The number of aromatic nitrogens is 4. The summed E-state index contributed by atoms with van der Waals surface area (Å²) in [5.74, 6) is 0.319. The van der Waals surface area contributed by atoms with E-state index in [2.05, 4.69) is 15.2 Å². The van der Waals surface area contributed by atoms with Gasteiger partial charge in [0.1, 0.15) is 6.20 Å². The van der Waals surface area contributed by atoms with Gasteiger partial charge in [-0.05, 0) is 6.07 Å². The second kappa shape index (κ2) is 2.12. The number of hydrogen-bond acceptors (Lipinski definition) is 4. The SMILES string of the molecule is O=c1cnnc2ncccn12. The molecule has 0 saturated heterocycles. The highest BCUT2D eigenvalue weighted by molar-refractivity contribution is 5.22. The first-order valence-electron chi connectivity index (χ1n) is 3.03. The van der Waals surface area contributed by atoms with Crippen LogP contribution >= 0.6 is 0 Å². The third-order valence-corrected chi connectivity index (χ3v) is 1.28. The third-order valence-electron chi connectivity index (χ3n) is 1.28. The maximum atomic E-state index is 11.0. The number of rotatable bonds is 0. The lowest BCUT2D eigenvalue weighted by atomic mass is 10.6. The maximum absolute atomic E-state index is 11.0. The van der Waals surface area contributed by atoms with Crippen molar-refractivity contribution in [2.75, 3.05) is 0 Å². The van der Waals surface area contributed by atoms with Crippen molar-refractivity contribution in [1.29, 1.82) is 0 Å². The molecule has 11 heavy (non-hydrogen) atoms. The Morgan fingerprint density at radius 1 is 1.45 bits per heavy atom. The van der Waals surface area contributed by atoms with Crippen LogP contribution < -0.4 is 5.56 Å². The van der Waals surface area contributed by atoms with Crippen LogP contribution in [-0.4, -0.2) is 19.6 Å². The Bertz CT molecular complexity index is 430. The van der Waals surface area contributed by atoms with E-state index in [9.17, 15) is 4.79 Å². The second-order valence-electron chi connectivity index (χ2n) is 1.97. The lowest BCUT2D eigenvalue weighted by Gasteiger charge is -1.92. The Morgan fingerprint density at radius 3 is 3.18 bits per heavy atom. The van der Waals surface area contributed by atoms with Crippen LogP contribution in [0.1, 0.15) is 0 Å². The van der Waals surface area contributed by atoms with Gasteiger partial charge in [-0.3, -0.25) is 4.79 Å². The van der Waals surface area contributed by atoms with Crippen LogP contribution in [0.3, 0.4) is 0 Å². The Labute approximate surface area is 61.3 Å². The van der Waals surface area contributed by atoms with E-state index in [0.717, 1.165) is 6.20 Å². The molecule has 0 fully saturated rings. The minimum atomic E-state index is -0.219. The highest BCUT2D eigenvalue weighted by Crippen LogP contribution is 1.84. The molecule has 2 aromatic heterocycles. The van der Waals surface area contributed by atoms with Crippen LogP contribution in [0.4, 0.5) is 0 Å². The summed E-state index contributed by atoms with van der Waals surface area (Å²) in [6.07, 6.45) is 4.30. The topological polar surface area (TPSA) is 60.2 Å². The largest absolute Gasteiger partial charge is 0.277 e. The number of hydrogen-bond donors (Lipinski definition) is 0. The standard InChI is InChI=1S/C6H4N4O/c11-5-4-8-9-6-7-2-1-3-10(5)6/h1-4H. The van der Waals surface area contributed by atoms with E-state index in [0.29, 0.717) is 5.78 Å². The molecule has 0 unspecified atom stereocenters. The summed E-state index contributed by atoms with van der Waals surface area (Å²) in [6.45, 7) is 0. The average Bonchev–Trinajstić information content (AvgIpc) is 2.06. The van der Waals surface area contributed by atoms with E-state index in [4.69, 9.17) is 0 Å². The van der Waals surface area contributed by atoms with Gasteiger partial charge in [0.15, 0.2) is 0 Å². The van der Waals surface area contributed by atoms with Crippen LogP contribution in [0.15, 0.2) is 29.5 Å². The quantitative estimate of drug-likeness (QED) is 0.504. The van der Waals surface area contributed by atoms with Gasteiger partial charge in [-0.25, -0.2) is 9.38 Å². The maximum Gasteiger partial charge on any atom is 0.277 e. The van der Waals surface area contributed by atoms with E-state index in [1.807, 2.05) is 0 Å². The van der Waals surface area contributed by atoms with Crippen LogP contribution in [0, 0.1) is 0 Å². The van der Waals surface area contributed by atoms with Gasteiger partial charge in [-0.15, -0.1) is 10.2 Å². The van der Waals surface area contributed by atoms with Crippen LogP contribution in [-0.2, 0) is 0 Å². The van der Waals surface area contributed by atoms with Gasteiger partial charge in [-0.1, -0.05) is 0 Å². The van der Waals surface area contributed by atoms with Gasteiger partial charge in [0.2, 0.25) is 0 Å². The minimum absolute atomic E-state index is 0.219. The number of nitrogens with zero attached hydrogens (tertiary/aromatic N) is 4. The van der Waals surface area contributed by atoms with Gasteiger partial charge in [0, 0.05) is 12.4 Å². The zero-order valence-electron chi connectivity index (χ0n) is 5.51. The first-order valence-corrected chi connectivity index (χ1v) is 3.03. The Balaban J connectivity index is 3.03. The molecule has 2 heterocycles. The van der Waals surface area contributed by atoms with E-state index in [1.165, 1.54) is 4.40 Å². The molecule has 0 aliphatic carbocycles. The predicted molar refractivity (Wildman–Crippen MR) is 37.1 cm³/mol. The molecule has 0 aliphatic heterocycles. The lowest BCUT2D eigenvalue weighted by Crippen LogP contribution is -2.14. The second-order valence-corrected chi connectivity index (χ2v) is 1.97. The van der Waals surface area contributed by atoms with E-state index >= 15 is 0 Å². The van der Waals surface area contributed by atoms with E-state index < -0.39 is 0 Å². The molecule has 0 spiro atoms. The van der Waals surface area contributed by atoms with Gasteiger partial charge in [0.25, 0.3) is 11.3 Å². The molecule has 5 nitrogen and oxygen atoms in total. The van der Waals surface area contributed by atoms with Crippen molar-refractivity contribution >= 4 is 5.78 Å². The fourth-order valence-electron chi connectivity index (χ4n) is 0.801. The molecule has 0 N–H and O–H groups in total. The van der Waals surface area contributed by atoms with Crippen molar-refractivity contribution in [3.63, 3.8) is 0 Å². The van der Waals surface area contributed by atoms with Crippen molar-refractivity contribution in [1.82, 2.24) is 19.6 Å². The van der Waals surface area contributed by atoms with Gasteiger partial charge < -0.3 is 0 Å². The molecule has 0 saturated carbocycles. The summed E-state index contributed by atoms with van der Waals surface area (Å²) < 4.78 is 1.33. The molecule has 0 bridgehead atoms. The predicted octanol–water partition coefficient (Wildman–Crippen LogP) is -0.516. The summed E-state index contributed by atoms with van der Waals surface area (Å²) in [6, 6.07) is 1.66. The monoisotopic (exact) mass is 148 g/mol. The molecule has 2 rings (SSSR count). The highest BCUT2D eigenvalue weighted by atomic mass is 16.1. The molecule has 0 atom stereocenters. The summed E-state index contributed by atoms with van der Waals surface area (Å²) >= 11 is 0. The van der Waals surface area contributed by atoms with Crippen molar-refractivity contribution in [2.45, 2.75) is 0 Å². The van der Waals surface area contributed by atoms with Crippen LogP contribution in [0.2, 0.25) is 0 Å². The summed E-state index contributed by atoms with van der Waals surface area (Å²) in [4.78, 5) is 14.8. The molecule has 0 aliphatic rings.